The summed E-state index contributed by atoms with van der Waals surface area (Å²) >= 11 is 0. The van der Waals surface area contributed by atoms with Gasteiger partial charge in [0.2, 0.25) is 11.8 Å². The van der Waals surface area contributed by atoms with Crippen molar-refractivity contribution in [2.75, 3.05) is 11.9 Å². The van der Waals surface area contributed by atoms with Crippen molar-refractivity contribution < 1.29 is 29.0 Å². The molecular formula is C24H35N3O6. The number of anilines is 1. The van der Waals surface area contributed by atoms with Crippen LogP contribution < -0.4 is 16.0 Å². The number of benzene rings is 1. The molecule has 0 saturated carbocycles. The number of carbonyl (C=O) groups is 4. The minimum Gasteiger partial charge on any atom is -0.475 e. The van der Waals surface area contributed by atoms with Crippen LogP contribution in [0.2, 0.25) is 0 Å². The largest absolute Gasteiger partial charge is 0.475 e. The highest BCUT2D eigenvalue weighted by atomic mass is 16.5. The normalized spacial score (nSPS) is 20.4. The predicted octanol–water partition coefficient (Wildman–Crippen LogP) is 2.43. The molecule has 1 aromatic carbocycles. The first-order chi connectivity index (χ1) is 15.3. The second-order valence-electron chi connectivity index (χ2n) is 9.59. The van der Waals surface area contributed by atoms with Gasteiger partial charge in [0.25, 0.3) is 5.78 Å². The Morgan fingerprint density at radius 2 is 1.76 bits per heavy atom. The van der Waals surface area contributed by atoms with Gasteiger partial charge in [0.15, 0.2) is 0 Å². The number of carboxylic acids is 1. The zero-order valence-electron chi connectivity index (χ0n) is 20.2. The number of amides is 2. The molecule has 3 atom stereocenters. The molecule has 9 nitrogen and oxygen atoms in total. The Morgan fingerprint density at radius 1 is 1.09 bits per heavy atom. The summed E-state index contributed by atoms with van der Waals surface area (Å²) in [6.07, 6.45) is 2.34. The van der Waals surface area contributed by atoms with E-state index in [0.29, 0.717) is 18.7 Å². The lowest BCUT2D eigenvalue weighted by Crippen LogP contribution is -2.57. The van der Waals surface area contributed by atoms with Crippen LogP contribution in [0.3, 0.4) is 0 Å². The maximum Gasteiger partial charge on any atom is 0.374 e. The Bertz CT molecular complexity index is 915. The van der Waals surface area contributed by atoms with Crippen molar-refractivity contribution >= 4 is 29.3 Å². The first-order valence-electron chi connectivity index (χ1n) is 11.2. The van der Waals surface area contributed by atoms with Gasteiger partial charge in [0.05, 0.1) is 12.1 Å². The molecule has 33 heavy (non-hydrogen) atoms. The molecule has 1 aromatic rings. The van der Waals surface area contributed by atoms with E-state index >= 15 is 0 Å². The molecule has 1 saturated heterocycles. The van der Waals surface area contributed by atoms with E-state index in [1.165, 1.54) is 13.8 Å². The average Bonchev–Trinajstić information content (AvgIpc) is 2.72. The van der Waals surface area contributed by atoms with Crippen LogP contribution in [0.15, 0.2) is 18.2 Å². The van der Waals surface area contributed by atoms with Crippen LogP contribution in [0.5, 0.6) is 0 Å². The van der Waals surface area contributed by atoms with Gasteiger partial charge < -0.3 is 20.5 Å². The second-order valence-corrected chi connectivity index (χ2v) is 9.59. The third kappa shape index (κ3) is 6.61. The topological polar surface area (TPSA) is 134 Å². The highest BCUT2D eigenvalue weighted by molar-refractivity contribution is 6.35. The highest BCUT2D eigenvalue weighted by Gasteiger charge is 2.41. The summed E-state index contributed by atoms with van der Waals surface area (Å²) < 4.78 is 6.29. The third-order valence-corrected chi connectivity index (χ3v) is 5.66. The molecule has 1 aliphatic rings. The zero-order valence-corrected chi connectivity index (χ0v) is 20.2. The molecule has 9 heteroatoms. The minimum absolute atomic E-state index is 0.194. The van der Waals surface area contributed by atoms with Crippen LogP contribution in [-0.4, -0.2) is 47.4 Å². The number of hydrogen-bond acceptors (Lipinski definition) is 6. The van der Waals surface area contributed by atoms with Crippen LogP contribution in [0.25, 0.3) is 0 Å². The van der Waals surface area contributed by atoms with Gasteiger partial charge in [-0.3, -0.25) is 19.7 Å². The Kier molecular flexibility index (Phi) is 8.37. The van der Waals surface area contributed by atoms with Gasteiger partial charge in [-0.1, -0.05) is 26.8 Å². The number of rotatable bonds is 8. The lowest BCUT2D eigenvalue weighted by Gasteiger charge is -2.43. The molecule has 2 amide bonds. The maximum absolute atomic E-state index is 12.8. The van der Waals surface area contributed by atoms with E-state index in [9.17, 15) is 19.2 Å². The van der Waals surface area contributed by atoms with Crippen molar-refractivity contribution in [1.82, 2.24) is 10.6 Å². The van der Waals surface area contributed by atoms with Gasteiger partial charge in [-0.25, -0.2) is 4.79 Å². The van der Waals surface area contributed by atoms with Gasteiger partial charge in [0, 0.05) is 24.8 Å². The number of Topliss-reactive ketones (excluding diaryl/α,β-unsaturated/α-hetero) is 1. The molecule has 0 radical (unpaired) electrons. The summed E-state index contributed by atoms with van der Waals surface area (Å²) in [5, 5.41) is 17.5. The van der Waals surface area contributed by atoms with E-state index in [1.807, 2.05) is 18.2 Å². The van der Waals surface area contributed by atoms with E-state index in [4.69, 9.17) is 9.84 Å². The van der Waals surface area contributed by atoms with Gasteiger partial charge >= 0.3 is 5.97 Å². The zero-order chi connectivity index (χ0) is 25.0. The van der Waals surface area contributed by atoms with Gasteiger partial charge in [0.1, 0.15) is 5.72 Å². The standard InChI is InChI=1S/C24H35N3O6/c1-14(20(29)22(31)32)25-21(30)15(2)27-24(11-7-8-12-33-24)19-13-17(26-16(3)28)9-10-18(19)23(4,5)6/h9-10,13-15,27H,7-8,11-12H2,1-6H3,(H,25,30)(H,26,28)(H,31,32)/t14-,15-,24?/m0/s1. The highest BCUT2D eigenvalue weighted by Crippen LogP contribution is 2.40. The number of hydrogen-bond donors (Lipinski definition) is 4. The molecule has 1 aliphatic heterocycles. The summed E-state index contributed by atoms with van der Waals surface area (Å²) in [5.41, 5.74) is 1.22. The third-order valence-electron chi connectivity index (χ3n) is 5.66. The number of carboxylic acid groups (broad SMARTS) is 1. The van der Waals surface area contributed by atoms with Crippen molar-refractivity contribution in [2.24, 2.45) is 0 Å². The number of carbonyl (C=O) groups excluding carboxylic acids is 3. The Balaban J connectivity index is 2.43. The Labute approximate surface area is 194 Å². The van der Waals surface area contributed by atoms with Gasteiger partial charge in [-0.05, 0) is 56.2 Å². The molecule has 1 heterocycles. The van der Waals surface area contributed by atoms with Crippen LogP contribution in [-0.2, 0) is 35.1 Å². The van der Waals surface area contributed by atoms with Crippen molar-refractivity contribution in [3.63, 3.8) is 0 Å². The fraction of sp³-hybridized carbons (Fsp3) is 0.583. The van der Waals surface area contributed by atoms with E-state index in [1.54, 1.807) is 6.92 Å². The van der Waals surface area contributed by atoms with E-state index < -0.39 is 35.5 Å². The summed E-state index contributed by atoms with van der Waals surface area (Å²) in [7, 11) is 0. The monoisotopic (exact) mass is 461 g/mol. The second kappa shape index (κ2) is 10.4. The lowest BCUT2D eigenvalue weighted by atomic mass is 9.78. The molecule has 0 aliphatic carbocycles. The summed E-state index contributed by atoms with van der Waals surface area (Å²) in [6, 6.07) is 3.74. The molecule has 0 spiro atoms. The van der Waals surface area contributed by atoms with Gasteiger partial charge in [-0.2, -0.15) is 0 Å². The summed E-state index contributed by atoms with van der Waals surface area (Å²) in [6.45, 7) is 11.1. The smallest absolute Gasteiger partial charge is 0.374 e. The Morgan fingerprint density at radius 3 is 2.27 bits per heavy atom. The summed E-state index contributed by atoms with van der Waals surface area (Å²) in [4.78, 5) is 47.0. The van der Waals surface area contributed by atoms with Crippen LogP contribution in [0.4, 0.5) is 5.69 Å². The average molecular weight is 462 g/mol. The van der Waals surface area contributed by atoms with E-state index in [0.717, 1.165) is 24.0 Å². The summed E-state index contributed by atoms with van der Waals surface area (Å²) in [5.74, 6) is -3.39. The maximum atomic E-state index is 12.8. The molecular weight excluding hydrogens is 426 g/mol. The number of aliphatic carboxylic acids is 1. The number of nitrogens with one attached hydrogen (secondary N) is 3. The predicted molar refractivity (Wildman–Crippen MR) is 124 cm³/mol. The van der Waals surface area contributed by atoms with Gasteiger partial charge in [-0.15, -0.1) is 0 Å². The first-order valence-corrected chi connectivity index (χ1v) is 11.2. The van der Waals surface area contributed by atoms with E-state index in [2.05, 4.69) is 36.7 Å². The number of ketones is 1. The molecule has 0 bridgehead atoms. The fourth-order valence-electron chi connectivity index (χ4n) is 4.02. The molecule has 2 rings (SSSR count). The molecule has 0 aromatic heterocycles. The minimum atomic E-state index is -1.60. The van der Waals surface area contributed by atoms with Crippen LogP contribution in [0, 0.1) is 0 Å². The SMILES string of the molecule is CC(=O)Nc1ccc(C(C)(C)C)c(C2(N[C@@H](C)C(=O)N[C@@H](C)C(=O)C(=O)O)CCCCO2)c1. The molecule has 1 fully saturated rings. The van der Waals surface area contributed by atoms with Crippen molar-refractivity contribution in [2.45, 2.75) is 84.0 Å². The Hall–Kier alpha value is -2.78. The van der Waals surface area contributed by atoms with Crippen molar-refractivity contribution in [3.8, 4) is 0 Å². The number of ether oxygens (including phenoxy) is 1. The fourth-order valence-corrected chi connectivity index (χ4v) is 4.02. The van der Waals surface area contributed by atoms with Crippen molar-refractivity contribution in [1.29, 1.82) is 0 Å². The molecule has 182 valence electrons. The van der Waals surface area contributed by atoms with Crippen molar-refractivity contribution in [3.05, 3.63) is 29.3 Å². The molecule has 1 unspecified atom stereocenters. The first kappa shape index (κ1) is 26.5. The van der Waals surface area contributed by atoms with E-state index in [-0.39, 0.29) is 11.3 Å². The van der Waals surface area contributed by atoms with Crippen LogP contribution in [0.1, 0.15) is 71.9 Å². The van der Waals surface area contributed by atoms with Crippen LogP contribution >= 0.6 is 0 Å². The quantitative estimate of drug-likeness (QED) is 0.437. The molecule has 4 N–H and O–H groups in total. The lowest BCUT2D eigenvalue weighted by molar-refractivity contribution is -0.150.